The van der Waals surface area contributed by atoms with Crippen molar-refractivity contribution in [2.45, 2.75) is 20.3 Å². The van der Waals surface area contributed by atoms with Crippen LogP contribution in [0.1, 0.15) is 35.3 Å². The Balaban J connectivity index is 1.81. The van der Waals surface area contributed by atoms with Gasteiger partial charge in [-0.3, -0.25) is 4.79 Å². The third-order valence-corrected chi connectivity index (χ3v) is 3.81. The number of carbonyl (C=O) groups is 1. The molecular weight excluding hydrogens is 300 g/mol. The third kappa shape index (κ3) is 3.40. The number of rotatable bonds is 5. The number of hydrogen-bond acceptors (Lipinski definition) is 3. The molecule has 2 aromatic rings. The molecule has 0 atom stereocenters. The Labute approximate surface area is 142 Å². The third-order valence-electron chi connectivity index (χ3n) is 3.81. The number of fused-ring (bicyclic) bond motifs is 1. The lowest BCUT2D eigenvalue weighted by Gasteiger charge is -2.06. The Kier molecular flexibility index (Phi) is 4.52. The lowest BCUT2D eigenvalue weighted by atomic mass is 10.1. The Morgan fingerprint density at radius 3 is 2.62 bits per heavy atom. The molecule has 122 valence electrons. The van der Waals surface area contributed by atoms with Crippen LogP contribution in [0.15, 0.2) is 60.4 Å². The minimum Gasteiger partial charge on any atom is -0.489 e. The minimum absolute atomic E-state index is 0.101. The van der Waals surface area contributed by atoms with Crippen LogP contribution in [-0.4, -0.2) is 12.4 Å². The fraction of sp³-hybridized carbons (Fsp3) is 0.190. The van der Waals surface area contributed by atoms with Crippen LogP contribution in [0.3, 0.4) is 0 Å². The van der Waals surface area contributed by atoms with Crippen LogP contribution in [0, 0.1) is 0 Å². The van der Waals surface area contributed by atoms with Gasteiger partial charge in [0.05, 0.1) is 5.56 Å². The van der Waals surface area contributed by atoms with Crippen LogP contribution in [0.25, 0.3) is 6.08 Å². The van der Waals surface area contributed by atoms with Crippen molar-refractivity contribution < 1.29 is 14.3 Å². The van der Waals surface area contributed by atoms with E-state index in [4.69, 9.17) is 9.47 Å². The van der Waals surface area contributed by atoms with E-state index in [0.29, 0.717) is 29.4 Å². The lowest BCUT2D eigenvalue weighted by molar-refractivity contribution is 0.101. The molecule has 0 saturated carbocycles. The fourth-order valence-corrected chi connectivity index (χ4v) is 2.46. The second-order valence-corrected chi connectivity index (χ2v) is 5.94. The van der Waals surface area contributed by atoms with Gasteiger partial charge in [-0.1, -0.05) is 37.8 Å². The molecule has 1 heterocycles. The smallest absolute Gasteiger partial charge is 0.231 e. The van der Waals surface area contributed by atoms with Crippen molar-refractivity contribution in [3.63, 3.8) is 0 Å². The van der Waals surface area contributed by atoms with E-state index in [9.17, 15) is 4.79 Å². The SMILES string of the molecule is C=C(C)COc1ccc2c(c1)OC(=Cc1ccc(CC)cc1)C2=O. The zero-order chi connectivity index (χ0) is 17.1. The molecule has 24 heavy (non-hydrogen) atoms. The Hall–Kier alpha value is -2.81. The highest BCUT2D eigenvalue weighted by Crippen LogP contribution is 2.35. The van der Waals surface area contributed by atoms with Crippen molar-refractivity contribution in [2.24, 2.45) is 0 Å². The monoisotopic (exact) mass is 320 g/mol. The van der Waals surface area contributed by atoms with Crippen molar-refractivity contribution in [2.75, 3.05) is 6.61 Å². The van der Waals surface area contributed by atoms with E-state index in [1.54, 1.807) is 24.3 Å². The number of allylic oxidation sites excluding steroid dienone is 1. The summed E-state index contributed by atoms with van der Waals surface area (Å²) >= 11 is 0. The number of Topliss-reactive ketones (excluding diaryl/α,β-unsaturated/α-hetero) is 1. The summed E-state index contributed by atoms with van der Waals surface area (Å²) in [6.45, 7) is 8.26. The summed E-state index contributed by atoms with van der Waals surface area (Å²) < 4.78 is 11.3. The predicted molar refractivity (Wildman–Crippen MR) is 95.5 cm³/mol. The molecule has 1 aliphatic rings. The van der Waals surface area contributed by atoms with Crippen molar-refractivity contribution in [1.29, 1.82) is 0 Å². The van der Waals surface area contributed by atoms with Gasteiger partial charge in [0.25, 0.3) is 0 Å². The largest absolute Gasteiger partial charge is 0.489 e. The van der Waals surface area contributed by atoms with Gasteiger partial charge < -0.3 is 9.47 Å². The van der Waals surface area contributed by atoms with Gasteiger partial charge in [0.2, 0.25) is 5.78 Å². The molecule has 1 aliphatic heterocycles. The normalized spacial score (nSPS) is 14.4. The highest BCUT2D eigenvalue weighted by molar-refractivity contribution is 6.14. The summed E-state index contributed by atoms with van der Waals surface area (Å²) in [6, 6.07) is 13.4. The van der Waals surface area contributed by atoms with E-state index in [2.05, 4.69) is 25.6 Å². The van der Waals surface area contributed by atoms with Crippen molar-refractivity contribution in [3.8, 4) is 11.5 Å². The average molecular weight is 320 g/mol. The van der Waals surface area contributed by atoms with Crippen LogP contribution in [0.2, 0.25) is 0 Å². The van der Waals surface area contributed by atoms with Crippen LogP contribution >= 0.6 is 0 Å². The maximum Gasteiger partial charge on any atom is 0.231 e. The molecule has 0 aliphatic carbocycles. The highest BCUT2D eigenvalue weighted by Gasteiger charge is 2.27. The first-order chi connectivity index (χ1) is 11.6. The zero-order valence-corrected chi connectivity index (χ0v) is 14.0. The molecule has 0 aromatic heterocycles. The van der Waals surface area contributed by atoms with E-state index in [-0.39, 0.29) is 5.78 Å². The number of ether oxygens (including phenoxy) is 2. The molecule has 0 amide bonds. The molecule has 2 aromatic carbocycles. The highest BCUT2D eigenvalue weighted by atomic mass is 16.5. The van der Waals surface area contributed by atoms with Crippen molar-refractivity contribution >= 4 is 11.9 Å². The number of hydrogen-bond donors (Lipinski definition) is 0. The molecule has 3 nitrogen and oxygen atoms in total. The molecule has 0 fully saturated rings. The summed E-state index contributed by atoms with van der Waals surface area (Å²) in [7, 11) is 0. The van der Waals surface area contributed by atoms with Gasteiger partial charge in [-0.25, -0.2) is 0 Å². The summed E-state index contributed by atoms with van der Waals surface area (Å²) in [5, 5.41) is 0. The summed E-state index contributed by atoms with van der Waals surface area (Å²) in [4.78, 5) is 12.5. The van der Waals surface area contributed by atoms with Gasteiger partial charge >= 0.3 is 0 Å². The van der Waals surface area contributed by atoms with Gasteiger partial charge in [0.15, 0.2) is 5.76 Å². The minimum atomic E-state index is -0.101. The molecule has 3 heteroatoms. The van der Waals surface area contributed by atoms with E-state index in [1.807, 2.05) is 19.1 Å². The molecule has 0 bridgehead atoms. The van der Waals surface area contributed by atoms with Gasteiger partial charge in [-0.2, -0.15) is 0 Å². The number of carbonyl (C=O) groups excluding carboxylic acids is 1. The van der Waals surface area contributed by atoms with E-state index >= 15 is 0 Å². The van der Waals surface area contributed by atoms with Crippen molar-refractivity contribution in [3.05, 3.63) is 77.1 Å². The molecule has 0 saturated heterocycles. The quantitative estimate of drug-likeness (QED) is 0.585. The van der Waals surface area contributed by atoms with Crippen molar-refractivity contribution in [1.82, 2.24) is 0 Å². The first-order valence-corrected chi connectivity index (χ1v) is 8.01. The van der Waals surface area contributed by atoms with Crippen LogP contribution in [0.4, 0.5) is 0 Å². The van der Waals surface area contributed by atoms with Gasteiger partial charge in [0.1, 0.15) is 18.1 Å². The molecule has 0 radical (unpaired) electrons. The summed E-state index contributed by atoms with van der Waals surface area (Å²) in [6.07, 6.45) is 2.76. The summed E-state index contributed by atoms with van der Waals surface area (Å²) in [5.74, 6) is 1.44. The summed E-state index contributed by atoms with van der Waals surface area (Å²) in [5.41, 5.74) is 3.71. The van der Waals surface area contributed by atoms with Gasteiger partial charge in [0, 0.05) is 6.07 Å². The number of ketones is 1. The second kappa shape index (κ2) is 6.75. The maximum atomic E-state index is 12.5. The second-order valence-electron chi connectivity index (χ2n) is 5.94. The Morgan fingerprint density at radius 1 is 1.21 bits per heavy atom. The lowest BCUT2D eigenvalue weighted by Crippen LogP contribution is -1.98. The van der Waals surface area contributed by atoms with Gasteiger partial charge in [-0.05, 0) is 48.3 Å². The average Bonchev–Trinajstić information content (AvgIpc) is 2.89. The zero-order valence-electron chi connectivity index (χ0n) is 14.0. The maximum absolute atomic E-state index is 12.5. The molecule has 3 rings (SSSR count). The van der Waals surface area contributed by atoms with Crippen LogP contribution in [-0.2, 0) is 6.42 Å². The number of benzene rings is 2. The Bertz CT molecular complexity index is 813. The molecule has 0 unspecified atom stereocenters. The predicted octanol–water partition coefficient (Wildman–Crippen LogP) is 4.82. The van der Waals surface area contributed by atoms with E-state index in [0.717, 1.165) is 17.6 Å². The van der Waals surface area contributed by atoms with Crippen LogP contribution < -0.4 is 9.47 Å². The van der Waals surface area contributed by atoms with E-state index in [1.165, 1.54) is 5.56 Å². The topological polar surface area (TPSA) is 35.5 Å². The standard InChI is InChI=1S/C21H20O3/c1-4-15-5-7-16(8-6-15)11-20-21(22)18-10-9-17(12-19(18)24-20)23-13-14(2)3/h5-12H,2,4,13H2,1,3H3. The van der Waals surface area contributed by atoms with Crippen LogP contribution in [0.5, 0.6) is 11.5 Å². The molecule has 0 spiro atoms. The first-order valence-electron chi connectivity index (χ1n) is 8.01. The Morgan fingerprint density at radius 2 is 1.96 bits per heavy atom. The number of aryl methyl sites for hydroxylation is 1. The molecule has 0 N–H and O–H groups in total. The van der Waals surface area contributed by atoms with Gasteiger partial charge in [-0.15, -0.1) is 0 Å². The first kappa shape index (κ1) is 16.1. The molecular formula is C21H20O3. The fourth-order valence-electron chi connectivity index (χ4n) is 2.46. The van der Waals surface area contributed by atoms with E-state index < -0.39 is 0 Å².